The zero-order chi connectivity index (χ0) is 26.1. The summed E-state index contributed by atoms with van der Waals surface area (Å²) in [5.74, 6) is 0. The second kappa shape index (κ2) is 13.2. The fraction of sp³-hybridized carbons (Fsp3) is 0.108. The molecule has 8 rings (SSSR count). The van der Waals surface area contributed by atoms with Crippen LogP contribution >= 0.6 is 0 Å². The van der Waals surface area contributed by atoms with Crippen molar-refractivity contribution in [1.82, 2.24) is 0 Å². The molecule has 0 nitrogen and oxygen atoms in total. The molecule has 0 bridgehead atoms. The smallest absolute Gasteiger partial charge is 0.0186 e. The van der Waals surface area contributed by atoms with Gasteiger partial charge in [0, 0.05) is 0 Å². The first-order chi connectivity index (χ1) is 18.6. The van der Waals surface area contributed by atoms with E-state index in [9.17, 15) is 0 Å². The maximum absolute atomic E-state index is 3.31. The molecule has 4 aromatic carbocycles. The third kappa shape index (κ3) is 5.94. The Labute approximate surface area is 264 Å². The maximum atomic E-state index is 3.31. The fourth-order valence-electron chi connectivity index (χ4n) is 5.57. The van der Waals surface area contributed by atoms with E-state index in [0.717, 1.165) is 12.8 Å². The molecular weight excluding hydrogens is 607 g/mol. The number of allylic oxidation sites excluding steroid dienone is 12. The van der Waals surface area contributed by atoms with E-state index in [-0.39, 0.29) is 24.8 Å². The Balaban J connectivity index is 0.000000157. The molecule has 4 aromatic rings. The van der Waals surface area contributed by atoms with E-state index in [0.29, 0.717) is 0 Å². The van der Waals surface area contributed by atoms with Crippen LogP contribution in [-0.2, 0) is 37.1 Å². The van der Waals surface area contributed by atoms with Crippen LogP contribution < -0.4 is 24.8 Å². The molecule has 0 heterocycles. The summed E-state index contributed by atoms with van der Waals surface area (Å²) in [6, 6.07) is 26.2. The second-order valence-corrected chi connectivity index (χ2v) is 12.5. The van der Waals surface area contributed by atoms with Crippen LogP contribution in [0.2, 0.25) is 0 Å². The van der Waals surface area contributed by atoms with Gasteiger partial charge in [-0.3, -0.25) is 0 Å². The van der Waals surface area contributed by atoms with Gasteiger partial charge in [-0.15, -0.1) is 23.3 Å². The van der Waals surface area contributed by atoms with Crippen molar-refractivity contribution in [2.45, 2.75) is 26.7 Å². The molecule has 0 radical (unpaired) electrons. The summed E-state index contributed by atoms with van der Waals surface area (Å²) in [5, 5.41) is 5.36. The fourth-order valence-corrected chi connectivity index (χ4v) is 5.57. The van der Waals surface area contributed by atoms with Gasteiger partial charge in [0.05, 0.1) is 0 Å². The normalized spacial score (nSPS) is 14.7. The Hall–Kier alpha value is -2.83. The van der Waals surface area contributed by atoms with Gasteiger partial charge in [0.2, 0.25) is 0 Å². The monoisotopic (exact) mass is 632 g/mol. The molecule has 0 unspecified atom stereocenters. The number of hydrogen-bond acceptors (Lipinski definition) is 0. The Kier molecular flexibility index (Phi) is 9.96. The first-order valence-corrected chi connectivity index (χ1v) is 14.4. The molecule has 0 saturated carbocycles. The molecular formula is C37H28Cl2Zr-2. The zero-order valence-electron chi connectivity index (χ0n) is 22.6. The molecule has 0 spiro atoms. The van der Waals surface area contributed by atoms with Crippen LogP contribution in [0.15, 0.2) is 120 Å². The Morgan fingerprint density at radius 2 is 1.00 bits per heavy atom. The minimum Gasteiger partial charge on any atom is -1.00 e. The van der Waals surface area contributed by atoms with Crippen LogP contribution in [0.3, 0.4) is 0 Å². The molecule has 0 amide bonds. The average molecular weight is 635 g/mol. The van der Waals surface area contributed by atoms with Gasteiger partial charge in [-0.1, -0.05) is 95.1 Å². The van der Waals surface area contributed by atoms with E-state index in [1.165, 1.54) is 69.3 Å². The summed E-state index contributed by atoms with van der Waals surface area (Å²) in [5.41, 5.74) is 10.9. The van der Waals surface area contributed by atoms with Crippen LogP contribution in [0, 0.1) is 12.2 Å². The largest absolute Gasteiger partial charge is 1.00 e. The van der Waals surface area contributed by atoms with Gasteiger partial charge in [0.15, 0.2) is 0 Å². The number of halogens is 2. The average Bonchev–Trinajstić information content (AvgIpc) is 3.62. The molecule has 196 valence electrons. The van der Waals surface area contributed by atoms with E-state index < -0.39 is 0 Å². The predicted molar refractivity (Wildman–Crippen MR) is 159 cm³/mol. The molecule has 3 heteroatoms. The molecule has 0 atom stereocenters. The van der Waals surface area contributed by atoms with Gasteiger partial charge in [-0.05, 0) is 34.4 Å². The van der Waals surface area contributed by atoms with Crippen molar-refractivity contribution < 1.29 is 49.0 Å². The number of fused-ring (bicyclic) bond motifs is 10. The van der Waals surface area contributed by atoms with Gasteiger partial charge in [-0.25, -0.2) is 0 Å². The molecule has 0 saturated heterocycles. The number of benzene rings is 4. The van der Waals surface area contributed by atoms with Crippen molar-refractivity contribution in [1.29, 1.82) is 0 Å². The van der Waals surface area contributed by atoms with Crippen LogP contribution in [0.4, 0.5) is 0 Å². The van der Waals surface area contributed by atoms with E-state index in [4.69, 9.17) is 0 Å². The van der Waals surface area contributed by atoms with Crippen LogP contribution in [0.25, 0.3) is 32.7 Å². The second-order valence-electron chi connectivity index (χ2n) is 10.1. The molecule has 0 N–H and O–H groups in total. The molecule has 0 aromatic heterocycles. The SMILES string of the molecule is C[C](C)=[Zr+2].[C-]1=CC=C2C1=CCc1ccc3ccccc3c12.[C-]1=CC=C2C1=CCc1ccc3ccccc3c12.[Cl-].[Cl-]. The number of rotatable bonds is 0. The summed E-state index contributed by atoms with van der Waals surface area (Å²) < 4.78 is 1.51. The number of hydrogen-bond donors (Lipinski definition) is 0. The van der Waals surface area contributed by atoms with Gasteiger partial charge in [0.1, 0.15) is 0 Å². The van der Waals surface area contributed by atoms with Crippen molar-refractivity contribution in [3.63, 3.8) is 0 Å². The maximum Gasteiger partial charge on any atom is -0.0186 e. The van der Waals surface area contributed by atoms with Gasteiger partial charge in [-0.2, -0.15) is 47.6 Å². The van der Waals surface area contributed by atoms with Gasteiger partial charge >= 0.3 is 41.3 Å². The van der Waals surface area contributed by atoms with Crippen molar-refractivity contribution in [3.8, 4) is 0 Å². The molecule has 40 heavy (non-hydrogen) atoms. The topological polar surface area (TPSA) is 0 Å². The van der Waals surface area contributed by atoms with Crippen molar-refractivity contribution in [2.24, 2.45) is 0 Å². The Morgan fingerprint density at radius 3 is 1.43 bits per heavy atom. The summed E-state index contributed by atoms with van der Waals surface area (Å²) in [7, 11) is 0. The van der Waals surface area contributed by atoms with Gasteiger partial charge in [0.25, 0.3) is 0 Å². The van der Waals surface area contributed by atoms with Crippen LogP contribution in [0.5, 0.6) is 0 Å². The van der Waals surface area contributed by atoms with Crippen molar-refractivity contribution in [2.75, 3.05) is 0 Å². The minimum atomic E-state index is 0. The Morgan fingerprint density at radius 1 is 0.600 bits per heavy atom. The molecule has 0 fully saturated rings. The predicted octanol–water partition coefficient (Wildman–Crippen LogP) is 2.91. The minimum absolute atomic E-state index is 0. The quantitative estimate of drug-likeness (QED) is 0.261. The van der Waals surface area contributed by atoms with Crippen LogP contribution in [0.1, 0.15) is 36.1 Å². The van der Waals surface area contributed by atoms with Gasteiger partial charge < -0.3 is 24.8 Å². The van der Waals surface area contributed by atoms with E-state index in [1.807, 2.05) is 12.2 Å². The standard InChI is InChI=1S/2C17H11.C3H6.2ClH.Zr/c2*1-2-6-15-12(4-1)8-10-14-11-9-13-5-3-7-16(13)17(14)15;1-3-2;;;/h2*1-4,6-10H,11H2;1-2H3;2*1H;/q2*-1;;;;+2/p-2. The molecule has 0 aliphatic heterocycles. The van der Waals surface area contributed by atoms with Crippen molar-refractivity contribution >= 4 is 35.9 Å². The summed E-state index contributed by atoms with van der Waals surface area (Å²) in [6.45, 7) is 4.25. The Bertz CT molecular complexity index is 1660. The van der Waals surface area contributed by atoms with E-state index in [2.05, 4.69) is 123 Å². The molecule has 4 aliphatic rings. The summed E-state index contributed by atoms with van der Waals surface area (Å²) in [4.78, 5) is 0. The third-order valence-electron chi connectivity index (χ3n) is 7.18. The van der Waals surface area contributed by atoms with E-state index in [1.54, 1.807) is 24.2 Å². The van der Waals surface area contributed by atoms with Crippen LogP contribution in [-0.4, -0.2) is 3.21 Å². The van der Waals surface area contributed by atoms with Crippen molar-refractivity contribution in [3.05, 3.63) is 155 Å². The first-order valence-electron chi connectivity index (χ1n) is 13.1. The summed E-state index contributed by atoms with van der Waals surface area (Å²) >= 11 is 1.55. The zero-order valence-corrected chi connectivity index (χ0v) is 26.5. The molecule has 4 aliphatic carbocycles. The third-order valence-corrected chi connectivity index (χ3v) is 7.18. The van der Waals surface area contributed by atoms with E-state index >= 15 is 0 Å². The summed E-state index contributed by atoms with van der Waals surface area (Å²) in [6.07, 6.45) is 21.6. The first kappa shape index (κ1) is 30.1.